The molecule has 4 aromatic rings. The highest BCUT2D eigenvalue weighted by molar-refractivity contribution is 6.05. The minimum Gasteiger partial charge on any atom is -0.378 e. The Morgan fingerprint density at radius 1 is 0.605 bits per heavy atom. The number of amides is 1. The summed E-state index contributed by atoms with van der Waals surface area (Å²) >= 11 is 0. The number of benzene rings is 4. The van der Waals surface area contributed by atoms with Crippen LogP contribution >= 0.6 is 0 Å². The SMILES string of the molecule is CN(C)c1ccc(C(=O)CN=Cc2cc(C=NCC(=O)c3ccc(N(C)C)cc3)cc(NC(=O)c3ccccc3)c2)cc1. The molecule has 0 unspecified atom stereocenters. The second-order valence-corrected chi connectivity index (χ2v) is 10.4. The van der Waals surface area contributed by atoms with Gasteiger partial charge in [-0.2, -0.15) is 0 Å². The zero-order valence-electron chi connectivity index (χ0n) is 24.8. The third-order valence-corrected chi connectivity index (χ3v) is 6.63. The minimum atomic E-state index is -0.259. The molecular formula is C35H35N5O3. The molecule has 0 radical (unpaired) electrons. The first kappa shape index (κ1) is 30.6. The smallest absolute Gasteiger partial charge is 0.255 e. The number of Topliss-reactive ketones (excluding diaryl/α,β-unsaturated/α-hetero) is 2. The van der Waals surface area contributed by atoms with E-state index in [0.29, 0.717) is 33.5 Å². The van der Waals surface area contributed by atoms with Crippen molar-refractivity contribution in [1.29, 1.82) is 0 Å². The van der Waals surface area contributed by atoms with Gasteiger partial charge in [-0.25, -0.2) is 0 Å². The fourth-order valence-corrected chi connectivity index (χ4v) is 4.23. The first-order valence-corrected chi connectivity index (χ1v) is 13.8. The summed E-state index contributed by atoms with van der Waals surface area (Å²) < 4.78 is 0. The lowest BCUT2D eigenvalue weighted by atomic mass is 10.1. The highest BCUT2D eigenvalue weighted by Crippen LogP contribution is 2.17. The van der Waals surface area contributed by atoms with Gasteiger partial charge in [-0.05, 0) is 90.0 Å². The van der Waals surface area contributed by atoms with E-state index in [1.54, 1.807) is 73.1 Å². The number of hydrogen-bond acceptors (Lipinski definition) is 7. The van der Waals surface area contributed by atoms with Crippen molar-refractivity contribution in [2.45, 2.75) is 0 Å². The molecule has 0 bridgehead atoms. The van der Waals surface area contributed by atoms with Gasteiger partial charge in [-0.15, -0.1) is 0 Å². The lowest BCUT2D eigenvalue weighted by Crippen LogP contribution is -2.12. The van der Waals surface area contributed by atoms with Crippen molar-refractivity contribution in [3.8, 4) is 0 Å². The van der Waals surface area contributed by atoms with Crippen LogP contribution in [-0.2, 0) is 0 Å². The highest BCUT2D eigenvalue weighted by atomic mass is 16.1. The van der Waals surface area contributed by atoms with Gasteiger partial charge >= 0.3 is 0 Å². The Hall–Kier alpha value is -5.37. The molecule has 4 aromatic carbocycles. The number of rotatable bonds is 12. The van der Waals surface area contributed by atoms with E-state index in [1.807, 2.05) is 74.4 Å². The van der Waals surface area contributed by atoms with Crippen molar-refractivity contribution < 1.29 is 14.4 Å². The molecule has 0 aromatic heterocycles. The standard InChI is InChI=1S/C35H35N5O3/c1-39(2)31-14-10-27(11-15-31)33(41)23-36-21-25-18-26(20-30(19-25)38-35(43)29-8-6-5-7-9-29)22-37-24-34(42)28-12-16-32(17-13-28)40(3)4/h5-22H,23-24H2,1-4H3,(H,38,43). The molecule has 0 aliphatic carbocycles. The maximum absolute atomic E-state index is 12.8. The fraction of sp³-hybridized carbons (Fsp3) is 0.171. The van der Waals surface area contributed by atoms with E-state index in [1.165, 1.54) is 0 Å². The average molecular weight is 574 g/mol. The van der Waals surface area contributed by atoms with Gasteiger partial charge < -0.3 is 15.1 Å². The summed E-state index contributed by atoms with van der Waals surface area (Å²) in [6.45, 7) is -0.0428. The molecule has 0 saturated carbocycles. The van der Waals surface area contributed by atoms with Crippen LogP contribution in [0.2, 0.25) is 0 Å². The van der Waals surface area contributed by atoms with Crippen LogP contribution in [0.4, 0.5) is 17.1 Å². The van der Waals surface area contributed by atoms with Gasteiger partial charge in [0.25, 0.3) is 5.91 Å². The van der Waals surface area contributed by atoms with Gasteiger partial charge in [-0.3, -0.25) is 24.4 Å². The van der Waals surface area contributed by atoms with E-state index in [0.717, 1.165) is 11.4 Å². The lowest BCUT2D eigenvalue weighted by Gasteiger charge is -2.12. The third-order valence-electron chi connectivity index (χ3n) is 6.63. The van der Waals surface area contributed by atoms with Crippen LogP contribution in [0, 0.1) is 0 Å². The van der Waals surface area contributed by atoms with Crippen LogP contribution in [0.3, 0.4) is 0 Å². The highest BCUT2D eigenvalue weighted by Gasteiger charge is 2.09. The van der Waals surface area contributed by atoms with Crippen LogP contribution in [0.25, 0.3) is 0 Å². The molecule has 0 saturated heterocycles. The van der Waals surface area contributed by atoms with Gasteiger partial charge in [0.2, 0.25) is 0 Å². The normalized spacial score (nSPS) is 11.1. The molecule has 0 aliphatic heterocycles. The molecule has 0 fully saturated rings. The Labute approximate surface area is 252 Å². The predicted octanol–water partition coefficient (Wildman–Crippen LogP) is 5.67. The summed E-state index contributed by atoms with van der Waals surface area (Å²) in [4.78, 5) is 50.8. The number of anilines is 3. The van der Waals surface area contributed by atoms with Crippen molar-refractivity contribution in [1.82, 2.24) is 0 Å². The van der Waals surface area contributed by atoms with Crippen LogP contribution in [-0.4, -0.2) is 71.2 Å². The molecule has 0 spiro atoms. The molecule has 8 nitrogen and oxygen atoms in total. The Morgan fingerprint density at radius 3 is 1.47 bits per heavy atom. The minimum absolute atomic E-state index is 0.0214. The van der Waals surface area contributed by atoms with Gasteiger partial charge in [-0.1, -0.05) is 18.2 Å². The summed E-state index contributed by atoms with van der Waals surface area (Å²) in [5, 5.41) is 2.91. The summed E-state index contributed by atoms with van der Waals surface area (Å²) in [7, 11) is 7.77. The number of hydrogen-bond donors (Lipinski definition) is 1. The summed E-state index contributed by atoms with van der Waals surface area (Å²) in [5.74, 6) is -0.465. The molecule has 4 rings (SSSR count). The first-order valence-electron chi connectivity index (χ1n) is 13.8. The molecule has 1 amide bonds. The largest absolute Gasteiger partial charge is 0.378 e. The Kier molecular flexibility index (Phi) is 10.3. The zero-order valence-corrected chi connectivity index (χ0v) is 24.8. The molecule has 0 aliphatic rings. The molecular weight excluding hydrogens is 538 g/mol. The van der Waals surface area contributed by atoms with E-state index in [4.69, 9.17) is 0 Å². The number of nitrogens with zero attached hydrogens (tertiary/aromatic N) is 4. The lowest BCUT2D eigenvalue weighted by molar-refractivity contribution is 0.0994. The van der Waals surface area contributed by atoms with Gasteiger partial charge in [0.05, 0.1) is 0 Å². The molecule has 218 valence electrons. The van der Waals surface area contributed by atoms with Crippen LogP contribution in [0.1, 0.15) is 42.2 Å². The monoisotopic (exact) mass is 573 g/mol. The topological polar surface area (TPSA) is 94.4 Å². The number of nitrogens with one attached hydrogen (secondary N) is 1. The number of aliphatic imine (C=N–C) groups is 2. The average Bonchev–Trinajstić information content (AvgIpc) is 3.01. The maximum atomic E-state index is 12.8. The fourth-order valence-electron chi connectivity index (χ4n) is 4.23. The van der Waals surface area contributed by atoms with Gasteiger partial charge in [0, 0.05) is 74.4 Å². The number of ketones is 2. The van der Waals surface area contributed by atoms with E-state index in [-0.39, 0.29) is 30.6 Å². The van der Waals surface area contributed by atoms with Crippen molar-refractivity contribution in [3.05, 3.63) is 125 Å². The van der Waals surface area contributed by atoms with Crippen molar-refractivity contribution in [2.24, 2.45) is 9.98 Å². The Morgan fingerprint density at radius 2 is 1.05 bits per heavy atom. The third kappa shape index (κ3) is 8.81. The summed E-state index contributed by atoms with van der Waals surface area (Å²) in [6.07, 6.45) is 3.19. The Balaban J connectivity index is 1.50. The summed E-state index contributed by atoms with van der Waals surface area (Å²) in [6, 6.07) is 29.0. The van der Waals surface area contributed by atoms with E-state index in [2.05, 4.69) is 15.3 Å². The van der Waals surface area contributed by atoms with Crippen molar-refractivity contribution in [3.63, 3.8) is 0 Å². The first-order chi connectivity index (χ1) is 20.7. The van der Waals surface area contributed by atoms with Crippen LogP contribution in [0.5, 0.6) is 0 Å². The quantitative estimate of drug-likeness (QED) is 0.174. The molecule has 1 N–H and O–H groups in total. The van der Waals surface area contributed by atoms with Crippen molar-refractivity contribution in [2.75, 3.05) is 56.4 Å². The predicted molar refractivity (Wildman–Crippen MR) is 176 cm³/mol. The van der Waals surface area contributed by atoms with Crippen molar-refractivity contribution >= 4 is 47.0 Å². The molecule has 0 heterocycles. The Bertz CT molecular complexity index is 1530. The molecule has 43 heavy (non-hydrogen) atoms. The second kappa shape index (κ2) is 14.5. The molecule has 8 heteroatoms. The van der Waals surface area contributed by atoms with Crippen LogP contribution in [0.15, 0.2) is 107 Å². The van der Waals surface area contributed by atoms with Gasteiger partial charge in [0.15, 0.2) is 11.6 Å². The van der Waals surface area contributed by atoms with Crippen LogP contribution < -0.4 is 15.1 Å². The number of carbonyl (C=O) groups is 3. The summed E-state index contributed by atoms with van der Waals surface area (Å²) in [5.41, 5.74) is 5.59. The van der Waals surface area contributed by atoms with E-state index < -0.39 is 0 Å². The maximum Gasteiger partial charge on any atom is 0.255 e. The van der Waals surface area contributed by atoms with E-state index >= 15 is 0 Å². The number of carbonyl (C=O) groups excluding carboxylic acids is 3. The van der Waals surface area contributed by atoms with E-state index in [9.17, 15) is 14.4 Å². The molecule has 0 atom stereocenters. The van der Waals surface area contributed by atoms with Gasteiger partial charge in [0.1, 0.15) is 13.1 Å². The zero-order chi connectivity index (χ0) is 30.8. The second-order valence-electron chi connectivity index (χ2n) is 10.4.